The van der Waals surface area contributed by atoms with Gasteiger partial charge < -0.3 is 24.8 Å². The third-order valence-corrected chi connectivity index (χ3v) is 4.59. The van der Waals surface area contributed by atoms with Crippen molar-refractivity contribution in [1.82, 2.24) is 20.7 Å². The van der Waals surface area contributed by atoms with Crippen molar-refractivity contribution in [2.75, 3.05) is 20.2 Å². The number of urea groups is 1. The molecule has 1 aromatic rings. The summed E-state index contributed by atoms with van der Waals surface area (Å²) in [6, 6.07) is 1.36. The molecule has 0 saturated heterocycles. The molecule has 1 saturated carbocycles. The smallest absolute Gasteiger partial charge is 0.315 e. The molecular formula is C18H30N4O4. The lowest BCUT2D eigenvalue weighted by atomic mass is 9.82. The van der Waals surface area contributed by atoms with Crippen molar-refractivity contribution in [1.29, 1.82) is 0 Å². The monoisotopic (exact) mass is 366 g/mol. The van der Waals surface area contributed by atoms with Crippen molar-refractivity contribution in [2.45, 2.75) is 58.2 Å². The molecule has 3 amide bonds. The molecule has 1 aliphatic rings. The predicted molar refractivity (Wildman–Crippen MR) is 96.3 cm³/mol. The van der Waals surface area contributed by atoms with Crippen LogP contribution >= 0.6 is 0 Å². The number of amides is 3. The van der Waals surface area contributed by atoms with Crippen LogP contribution in [0, 0.1) is 5.92 Å². The van der Waals surface area contributed by atoms with E-state index in [1.807, 2.05) is 6.92 Å². The molecule has 26 heavy (non-hydrogen) atoms. The van der Waals surface area contributed by atoms with Gasteiger partial charge in [-0.2, -0.15) is 0 Å². The molecule has 146 valence electrons. The van der Waals surface area contributed by atoms with Crippen molar-refractivity contribution in [3.63, 3.8) is 0 Å². The molecule has 1 aliphatic carbocycles. The Balaban J connectivity index is 1.96. The topological polar surface area (TPSA) is 96.7 Å². The van der Waals surface area contributed by atoms with Crippen LogP contribution in [0.25, 0.3) is 0 Å². The van der Waals surface area contributed by atoms with Gasteiger partial charge >= 0.3 is 6.03 Å². The zero-order valence-electron chi connectivity index (χ0n) is 15.9. The van der Waals surface area contributed by atoms with Gasteiger partial charge in [0.05, 0.1) is 18.7 Å². The van der Waals surface area contributed by atoms with E-state index >= 15 is 0 Å². The van der Waals surface area contributed by atoms with Crippen molar-refractivity contribution in [3.05, 3.63) is 18.0 Å². The summed E-state index contributed by atoms with van der Waals surface area (Å²) in [7, 11) is 1.77. The second-order valence-corrected chi connectivity index (χ2v) is 6.71. The molecule has 1 fully saturated rings. The highest BCUT2D eigenvalue weighted by Crippen LogP contribution is 2.28. The number of aromatic nitrogens is 1. The molecule has 8 heteroatoms. The standard InChI is InChI=1S/C18H30N4O4/c1-4-9-25-16-7-6-13(11-15(16)20-18(24)19-5-2)17(23)22(3)12-14-8-10-26-21-14/h8,10,13,15-16H,4-7,9,11-12H2,1-3H3,(H2,19,20,24)/t13-,15+,16+/m0/s1. The SMILES string of the molecule is CCCO[C@@H]1CC[C@H](C(=O)N(C)Cc2ccon2)C[C@H]1NC(=O)NCC. The van der Waals surface area contributed by atoms with Gasteiger partial charge in [0.15, 0.2) is 0 Å². The van der Waals surface area contributed by atoms with Crippen molar-refractivity contribution < 1.29 is 18.8 Å². The quantitative estimate of drug-likeness (QED) is 0.733. The zero-order chi connectivity index (χ0) is 18.9. The van der Waals surface area contributed by atoms with E-state index in [1.165, 1.54) is 6.26 Å². The Morgan fingerprint density at radius 3 is 2.85 bits per heavy atom. The Morgan fingerprint density at radius 1 is 1.38 bits per heavy atom. The number of carbonyl (C=O) groups is 2. The summed E-state index contributed by atoms with van der Waals surface area (Å²) in [6.45, 7) is 5.55. The van der Waals surface area contributed by atoms with Gasteiger partial charge in [0, 0.05) is 32.2 Å². The van der Waals surface area contributed by atoms with Crippen LogP contribution in [0.3, 0.4) is 0 Å². The third kappa shape index (κ3) is 5.72. The minimum Gasteiger partial charge on any atom is -0.376 e. The molecule has 3 atom stereocenters. The number of nitrogens with zero attached hydrogens (tertiary/aromatic N) is 2. The lowest BCUT2D eigenvalue weighted by molar-refractivity contribution is -0.137. The molecule has 0 aliphatic heterocycles. The number of nitrogens with one attached hydrogen (secondary N) is 2. The molecule has 1 heterocycles. The second-order valence-electron chi connectivity index (χ2n) is 6.71. The fourth-order valence-electron chi connectivity index (χ4n) is 3.32. The number of hydrogen-bond acceptors (Lipinski definition) is 5. The number of hydrogen-bond donors (Lipinski definition) is 2. The maximum Gasteiger partial charge on any atom is 0.315 e. The second kappa shape index (κ2) is 10.2. The summed E-state index contributed by atoms with van der Waals surface area (Å²) in [5, 5.41) is 9.57. The van der Waals surface area contributed by atoms with E-state index in [0.717, 1.165) is 25.0 Å². The fraction of sp³-hybridized carbons (Fsp3) is 0.722. The van der Waals surface area contributed by atoms with E-state index in [2.05, 4.69) is 22.7 Å². The van der Waals surface area contributed by atoms with Crippen molar-refractivity contribution >= 4 is 11.9 Å². The van der Waals surface area contributed by atoms with Crippen LogP contribution in [0.1, 0.15) is 45.2 Å². The van der Waals surface area contributed by atoms with Crippen molar-refractivity contribution in [2.24, 2.45) is 5.92 Å². The molecule has 8 nitrogen and oxygen atoms in total. The van der Waals surface area contributed by atoms with Crippen LogP contribution < -0.4 is 10.6 Å². The molecule has 2 N–H and O–H groups in total. The maximum absolute atomic E-state index is 12.8. The predicted octanol–water partition coefficient (Wildman–Crippen LogP) is 1.92. The summed E-state index contributed by atoms with van der Waals surface area (Å²) < 4.78 is 10.7. The average molecular weight is 366 g/mol. The van der Waals surface area contributed by atoms with Crippen LogP contribution in [0.4, 0.5) is 4.79 Å². The minimum absolute atomic E-state index is 0.0533. The maximum atomic E-state index is 12.8. The molecule has 0 unspecified atom stereocenters. The van der Waals surface area contributed by atoms with Crippen LogP contribution in [0.15, 0.2) is 16.9 Å². The Kier molecular flexibility index (Phi) is 7.90. The van der Waals surface area contributed by atoms with E-state index < -0.39 is 0 Å². The van der Waals surface area contributed by atoms with Gasteiger partial charge in [-0.25, -0.2) is 4.79 Å². The van der Waals surface area contributed by atoms with Gasteiger partial charge in [-0.3, -0.25) is 4.79 Å². The summed E-state index contributed by atoms with van der Waals surface area (Å²) in [4.78, 5) is 26.4. The van der Waals surface area contributed by atoms with E-state index in [0.29, 0.717) is 26.1 Å². The Morgan fingerprint density at radius 2 is 2.19 bits per heavy atom. The average Bonchev–Trinajstić information content (AvgIpc) is 3.13. The first kappa shape index (κ1) is 20.2. The first-order chi connectivity index (χ1) is 12.5. The Hall–Kier alpha value is -2.09. The lowest BCUT2D eigenvalue weighted by Crippen LogP contribution is -2.53. The Bertz CT molecular complexity index is 564. The Labute approximate surface area is 154 Å². The number of ether oxygens (including phenoxy) is 1. The summed E-state index contributed by atoms with van der Waals surface area (Å²) in [5.74, 6) is -0.0788. The van der Waals surface area contributed by atoms with Gasteiger partial charge in [0.25, 0.3) is 0 Å². The first-order valence-corrected chi connectivity index (χ1v) is 9.35. The van der Waals surface area contributed by atoms with Gasteiger partial charge in [-0.1, -0.05) is 12.1 Å². The summed E-state index contributed by atoms with van der Waals surface area (Å²) >= 11 is 0. The third-order valence-electron chi connectivity index (χ3n) is 4.59. The molecule has 0 spiro atoms. The molecular weight excluding hydrogens is 336 g/mol. The highest BCUT2D eigenvalue weighted by molar-refractivity contribution is 5.79. The molecule has 1 aromatic heterocycles. The van der Waals surface area contributed by atoms with Gasteiger partial charge in [-0.15, -0.1) is 0 Å². The largest absolute Gasteiger partial charge is 0.376 e. The van der Waals surface area contributed by atoms with E-state index in [1.54, 1.807) is 18.0 Å². The van der Waals surface area contributed by atoms with Gasteiger partial charge in [0.1, 0.15) is 12.0 Å². The normalized spacial score (nSPS) is 22.7. The van der Waals surface area contributed by atoms with Crippen LogP contribution in [-0.2, 0) is 16.1 Å². The molecule has 0 bridgehead atoms. The number of carbonyl (C=O) groups excluding carboxylic acids is 2. The van der Waals surface area contributed by atoms with Gasteiger partial charge in [-0.05, 0) is 32.6 Å². The van der Waals surface area contributed by atoms with Crippen LogP contribution in [-0.4, -0.2) is 54.3 Å². The van der Waals surface area contributed by atoms with Gasteiger partial charge in [0.2, 0.25) is 5.91 Å². The summed E-state index contributed by atoms with van der Waals surface area (Å²) in [5.41, 5.74) is 0.720. The highest BCUT2D eigenvalue weighted by atomic mass is 16.5. The zero-order valence-corrected chi connectivity index (χ0v) is 15.9. The minimum atomic E-state index is -0.216. The van der Waals surface area contributed by atoms with Crippen LogP contribution in [0.2, 0.25) is 0 Å². The van der Waals surface area contributed by atoms with Crippen LogP contribution in [0.5, 0.6) is 0 Å². The molecule has 2 rings (SSSR count). The first-order valence-electron chi connectivity index (χ1n) is 9.35. The lowest BCUT2D eigenvalue weighted by Gasteiger charge is -2.37. The van der Waals surface area contributed by atoms with E-state index in [9.17, 15) is 9.59 Å². The molecule has 0 aromatic carbocycles. The fourth-order valence-corrected chi connectivity index (χ4v) is 3.32. The highest BCUT2D eigenvalue weighted by Gasteiger charge is 2.36. The van der Waals surface area contributed by atoms with Crippen molar-refractivity contribution in [3.8, 4) is 0 Å². The van der Waals surface area contributed by atoms with E-state index in [-0.39, 0.29) is 30.0 Å². The number of rotatable bonds is 8. The summed E-state index contributed by atoms with van der Waals surface area (Å²) in [6.07, 6.45) is 4.45. The van der Waals surface area contributed by atoms with E-state index in [4.69, 9.17) is 9.26 Å². The molecule has 0 radical (unpaired) electrons.